The molecule has 25 heavy (non-hydrogen) atoms. The zero-order valence-electron chi connectivity index (χ0n) is 15.8. The van der Waals surface area contributed by atoms with Crippen molar-refractivity contribution in [3.63, 3.8) is 0 Å². The van der Waals surface area contributed by atoms with Crippen LogP contribution in [0.3, 0.4) is 0 Å². The highest BCUT2D eigenvalue weighted by Crippen LogP contribution is 2.28. The Morgan fingerprint density at radius 3 is 2.68 bits per heavy atom. The summed E-state index contributed by atoms with van der Waals surface area (Å²) >= 11 is 1.59. The molecule has 1 aromatic heterocycles. The number of halogens is 1. The second-order valence-corrected chi connectivity index (χ2v) is 7.75. The molecule has 1 fully saturated rings. The summed E-state index contributed by atoms with van der Waals surface area (Å²) in [5.41, 5.74) is -0.00725. The maximum Gasteiger partial charge on any atom is 0.191 e. The number of hydrogen-bond donors (Lipinski definition) is 3. The number of nitrogens with zero attached hydrogens (tertiary/aromatic N) is 2. The predicted molar refractivity (Wildman–Crippen MR) is 118 cm³/mol. The summed E-state index contributed by atoms with van der Waals surface area (Å²) in [5, 5.41) is 21.2. The van der Waals surface area contributed by atoms with Gasteiger partial charge in [-0.3, -0.25) is 4.90 Å². The monoisotopic (exact) mass is 480 g/mol. The van der Waals surface area contributed by atoms with E-state index < -0.39 is 5.60 Å². The van der Waals surface area contributed by atoms with Crippen LogP contribution in [0.1, 0.15) is 46.1 Å². The van der Waals surface area contributed by atoms with Crippen molar-refractivity contribution in [3.05, 3.63) is 22.4 Å². The Kier molecular flexibility index (Phi) is 9.69. The van der Waals surface area contributed by atoms with Crippen LogP contribution in [-0.2, 0) is 5.60 Å². The van der Waals surface area contributed by atoms with Crippen LogP contribution in [0.4, 0.5) is 0 Å². The molecule has 1 unspecified atom stereocenters. The molecule has 144 valence electrons. The molecule has 7 heteroatoms. The number of aliphatic imine (C=N–C) groups is 1. The van der Waals surface area contributed by atoms with Crippen LogP contribution >= 0.6 is 35.3 Å². The minimum absolute atomic E-state index is 0. The van der Waals surface area contributed by atoms with E-state index in [0.29, 0.717) is 12.6 Å². The van der Waals surface area contributed by atoms with Crippen molar-refractivity contribution in [1.82, 2.24) is 15.5 Å². The highest BCUT2D eigenvalue weighted by molar-refractivity contribution is 14.0. The number of thiophene rings is 1. The lowest BCUT2D eigenvalue weighted by Crippen LogP contribution is -2.44. The minimum Gasteiger partial charge on any atom is -0.383 e. The first-order chi connectivity index (χ1) is 11.4. The number of rotatable bonds is 9. The van der Waals surface area contributed by atoms with Gasteiger partial charge in [0.15, 0.2) is 5.96 Å². The summed E-state index contributed by atoms with van der Waals surface area (Å²) in [6.45, 7) is 11.4. The third kappa shape index (κ3) is 7.40. The highest BCUT2D eigenvalue weighted by Gasteiger charge is 2.30. The molecular weight excluding hydrogens is 447 g/mol. The molecule has 0 amide bonds. The molecular formula is C18H33IN4OS. The van der Waals surface area contributed by atoms with E-state index in [1.165, 1.54) is 12.8 Å². The fourth-order valence-electron chi connectivity index (χ4n) is 2.81. The van der Waals surface area contributed by atoms with Crippen LogP contribution in [0.2, 0.25) is 0 Å². The zero-order chi connectivity index (χ0) is 17.6. The molecule has 1 saturated carbocycles. The second kappa shape index (κ2) is 10.7. The van der Waals surface area contributed by atoms with Gasteiger partial charge < -0.3 is 15.7 Å². The van der Waals surface area contributed by atoms with Crippen molar-refractivity contribution in [2.45, 2.75) is 58.2 Å². The molecule has 1 aliphatic carbocycles. The molecule has 0 aliphatic heterocycles. The average Bonchev–Trinajstić information content (AvgIpc) is 3.19. The first-order valence-electron chi connectivity index (χ1n) is 8.97. The molecule has 1 aliphatic rings. The van der Waals surface area contributed by atoms with E-state index in [-0.39, 0.29) is 24.0 Å². The summed E-state index contributed by atoms with van der Waals surface area (Å²) < 4.78 is 0. The smallest absolute Gasteiger partial charge is 0.191 e. The van der Waals surface area contributed by atoms with Crippen molar-refractivity contribution in [3.8, 4) is 0 Å². The summed E-state index contributed by atoms with van der Waals surface area (Å²) in [6.07, 6.45) is 2.66. The topological polar surface area (TPSA) is 59.9 Å². The average molecular weight is 480 g/mol. The van der Waals surface area contributed by atoms with Gasteiger partial charge >= 0.3 is 0 Å². The van der Waals surface area contributed by atoms with Crippen molar-refractivity contribution in [2.75, 3.05) is 26.2 Å². The molecule has 1 atom stereocenters. The lowest BCUT2D eigenvalue weighted by molar-refractivity contribution is 0.0677. The zero-order valence-corrected chi connectivity index (χ0v) is 18.9. The van der Waals surface area contributed by atoms with E-state index in [2.05, 4.69) is 41.3 Å². The van der Waals surface area contributed by atoms with Crippen molar-refractivity contribution in [1.29, 1.82) is 0 Å². The van der Waals surface area contributed by atoms with E-state index in [9.17, 15) is 5.11 Å². The van der Waals surface area contributed by atoms with Crippen molar-refractivity contribution >= 4 is 41.3 Å². The molecule has 0 radical (unpaired) electrons. The molecule has 1 heterocycles. The summed E-state index contributed by atoms with van der Waals surface area (Å²) in [4.78, 5) is 7.13. The number of hydrogen-bond acceptors (Lipinski definition) is 4. The quantitative estimate of drug-likeness (QED) is 0.289. The van der Waals surface area contributed by atoms with E-state index >= 15 is 0 Å². The van der Waals surface area contributed by atoms with Gasteiger partial charge in [0.25, 0.3) is 0 Å². The predicted octanol–water partition coefficient (Wildman–Crippen LogP) is 3.00. The van der Waals surface area contributed by atoms with Gasteiger partial charge in [-0.1, -0.05) is 0 Å². The normalized spacial score (nSPS) is 17.3. The van der Waals surface area contributed by atoms with Crippen LogP contribution in [-0.4, -0.2) is 54.2 Å². The molecule has 1 aromatic rings. The Morgan fingerprint density at radius 2 is 2.16 bits per heavy atom. The Hall–Kier alpha value is -0.380. The molecule has 0 aromatic carbocycles. The lowest BCUT2D eigenvalue weighted by Gasteiger charge is -2.27. The number of aliphatic hydroxyl groups is 1. The van der Waals surface area contributed by atoms with Gasteiger partial charge in [0.1, 0.15) is 5.60 Å². The van der Waals surface area contributed by atoms with E-state index in [0.717, 1.165) is 37.2 Å². The van der Waals surface area contributed by atoms with Crippen LogP contribution < -0.4 is 10.6 Å². The number of nitrogens with one attached hydrogen (secondary N) is 2. The Bertz CT molecular complexity index is 513. The van der Waals surface area contributed by atoms with Crippen molar-refractivity contribution < 1.29 is 5.11 Å². The highest BCUT2D eigenvalue weighted by atomic mass is 127. The Labute approximate surface area is 173 Å². The van der Waals surface area contributed by atoms with Gasteiger partial charge in [-0.15, -0.1) is 24.0 Å². The van der Waals surface area contributed by atoms with Gasteiger partial charge in [-0.05, 0) is 62.9 Å². The van der Waals surface area contributed by atoms with Crippen LogP contribution in [0.25, 0.3) is 0 Å². The van der Waals surface area contributed by atoms with E-state index in [4.69, 9.17) is 0 Å². The maximum absolute atomic E-state index is 10.6. The minimum atomic E-state index is -0.930. The molecule has 2 rings (SSSR count). The van der Waals surface area contributed by atoms with Crippen LogP contribution in [0.15, 0.2) is 21.8 Å². The molecule has 0 bridgehead atoms. The largest absolute Gasteiger partial charge is 0.383 e. The maximum atomic E-state index is 10.6. The third-order valence-electron chi connectivity index (χ3n) is 4.37. The van der Waals surface area contributed by atoms with Gasteiger partial charge in [-0.25, -0.2) is 4.99 Å². The summed E-state index contributed by atoms with van der Waals surface area (Å²) in [7, 11) is 0. The van der Waals surface area contributed by atoms with Gasteiger partial charge in [0.05, 0.1) is 6.54 Å². The van der Waals surface area contributed by atoms with Gasteiger partial charge in [-0.2, -0.15) is 11.3 Å². The van der Waals surface area contributed by atoms with E-state index in [1.54, 1.807) is 11.3 Å². The van der Waals surface area contributed by atoms with Gasteiger partial charge in [0, 0.05) is 31.7 Å². The van der Waals surface area contributed by atoms with Crippen LogP contribution in [0.5, 0.6) is 0 Å². The first kappa shape index (κ1) is 22.7. The molecule has 0 spiro atoms. The lowest BCUT2D eigenvalue weighted by atomic mass is 10.00. The third-order valence-corrected chi connectivity index (χ3v) is 5.06. The summed E-state index contributed by atoms with van der Waals surface area (Å²) in [6, 6.07) is 3.31. The SMILES string of the molecule is CCNC(=NCC(C)(O)c1ccsc1)NCCN(C(C)C)C1CC1.I. The molecule has 3 N–H and O–H groups in total. The van der Waals surface area contributed by atoms with Crippen molar-refractivity contribution in [2.24, 2.45) is 4.99 Å². The fourth-order valence-corrected chi connectivity index (χ4v) is 3.59. The van der Waals surface area contributed by atoms with Crippen LogP contribution in [0, 0.1) is 0 Å². The fraction of sp³-hybridized carbons (Fsp3) is 0.722. The standard InChI is InChI=1S/C18H32N4OS.HI/c1-5-19-17(20-9-10-22(14(2)3)16-6-7-16)21-13-18(4,23)15-8-11-24-12-15;/h8,11-12,14,16,23H,5-7,9-10,13H2,1-4H3,(H2,19,20,21);1H. The Morgan fingerprint density at radius 1 is 1.44 bits per heavy atom. The second-order valence-electron chi connectivity index (χ2n) is 6.97. The molecule has 5 nitrogen and oxygen atoms in total. The van der Waals surface area contributed by atoms with Gasteiger partial charge in [0.2, 0.25) is 0 Å². The summed E-state index contributed by atoms with van der Waals surface area (Å²) in [5.74, 6) is 0.771. The Balaban J connectivity index is 0.00000312. The first-order valence-corrected chi connectivity index (χ1v) is 9.91. The molecule has 0 saturated heterocycles. The van der Waals surface area contributed by atoms with E-state index in [1.807, 2.05) is 23.8 Å². The number of guanidine groups is 1.